The van der Waals surface area contributed by atoms with Crippen LogP contribution >= 0.6 is 8.20 Å². The Morgan fingerprint density at radius 3 is 3.00 bits per heavy atom. The highest BCUT2D eigenvalue weighted by molar-refractivity contribution is 7.39. The third-order valence-corrected chi connectivity index (χ3v) is 1.66. The summed E-state index contributed by atoms with van der Waals surface area (Å²) in [5.41, 5.74) is 0. The molecule has 2 heteroatoms. The first-order valence-corrected chi connectivity index (χ1v) is 3.94. The van der Waals surface area contributed by atoms with Crippen LogP contribution < -0.4 is 0 Å². The van der Waals surface area contributed by atoms with Crippen LogP contribution in [0, 0.1) is 11.3 Å². The Kier molecular flexibility index (Phi) is 6.38. The Morgan fingerprint density at radius 2 is 2.50 bits per heavy atom. The van der Waals surface area contributed by atoms with Gasteiger partial charge >= 0.3 is 0 Å². The standard InChI is InChI=1S/C6H10NP/c1-2-3-5-8-6-4-7/h6H,2-3,5H2,1H3. The van der Waals surface area contributed by atoms with Gasteiger partial charge in [0.15, 0.2) is 0 Å². The highest BCUT2D eigenvalue weighted by Gasteiger charge is 1.75. The summed E-state index contributed by atoms with van der Waals surface area (Å²) >= 11 is 0. The fourth-order valence-corrected chi connectivity index (χ4v) is 1.06. The predicted octanol–water partition coefficient (Wildman–Crippen LogP) is 2.06. The minimum atomic E-state index is 1.14. The zero-order valence-electron chi connectivity index (χ0n) is 5.09. The van der Waals surface area contributed by atoms with E-state index in [0.717, 1.165) is 6.16 Å². The number of unbranched alkanes of at least 4 members (excludes halogenated alkanes) is 1. The lowest BCUT2D eigenvalue weighted by molar-refractivity contribution is 0.896. The second-order valence-electron chi connectivity index (χ2n) is 1.52. The molecule has 0 aromatic rings. The van der Waals surface area contributed by atoms with Gasteiger partial charge in [0.1, 0.15) is 0 Å². The van der Waals surface area contributed by atoms with Crippen LogP contribution in [0.3, 0.4) is 0 Å². The smallest absolute Gasteiger partial charge is 0.0958 e. The largest absolute Gasteiger partial charge is 0.193 e. The van der Waals surface area contributed by atoms with E-state index in [4.69, 9.17) is 5.26 Å². The van der Waals surface area contributed by atoms with Gasteiger partial charge in [-0.25, -0.2) is 0 Å². The van der Waals surface area contributed by atoms with Crippen LogP contribution in [0.5, 0.6) is 0 Å². The van der Waals surface area contributed by atoms with E-state index < -0.39 is 0 Å². The van der Waals surface area contributed by atoms with Gasteiger partial charge in [-0.3, -0.25) is 0 Å². The number of nitrogens with zero attached hydrogens (tertiary/aromatic N) is 1. The molecule has 0 aliphatic carbocycles. The molecule has 0 bridgehead atoms. The van der Waals surface area contributed by atoms with E-state index in [1.165, 1.54) is 21.0 Å². The molecular weight excluding hydrogens is 117 g/mol. The van der Waals surface area contributed by atoms with Crippen molar-refractivity contribution in [3.05, 3.63) is 0 Å². The van der Waals surface area contributed by atoms with Crippen molar-refractivity contribution in [2.45, 2.75) is 19.8 Å². The minimum Gasteiger partial charge on any atom is -0.193 e. The molecule has 0 saturated carbocycles. The average Bonchev–Trinajstić information content (AvgIpc) is 1.81. The second-order valence-corrected chi connectivity index (χ2v) is 2.59. The third kappa shape index (κ3) is 5.66. The summed E-state index contributed by atoms with van der Waals surface area (Å²) in [6, 6.07) is 1.99. The summed E-state index contributed by atoms with van der Waals surface area (Å²) in [5.74, 6) is 1.63. The molecule has 0 aliphatic heterocycles. The normalized spacial score (nSPS) is 9.50. The molecule has 44 valence electrons. The summed E-state index contributed by atoms with van der Waals surface area (Å²) in [7, 11) is 1.17. The predicted molar refractivity (Wildman–Crippen MR) is 38.4 cm³/mol. The van der Waals surface area contributed by atoms with Crippen molar-refractivity contribution >= 4 is 14.0 Å². The van der Waals surface area contributed by atoms with Crippen molar-refractivity contribution in [3.8, 4) is 6.07 Å². The van der Waals surface area contributed by atoms with Crippen LogP contribution in [0.1, 0.15) is 19.8 Å². The Labute approximate surface area is 52.1 Å². The van der Waals surface area contributed by atoms with Crippen molar-refractivity contribution in [1.29, 1.82) is 5.26 Å². The van der Waals surface area contributed by atoms with Gasteiger partial charge in [-0.1, -0.05) is 21.5 Å². The fourth-order valence-electron chi connectivity index (χ4n) is 0.355. The van der Waals surface area contributed by atoms with Crippen molar-refractivity contribution in [2.24, 2.45) is 0 Å². The molecule has 0 rings (SSSR count). The molecular formula is C6H10NP. The van der Waals surface area contributed by atoms with Crippen LogP contribution in [-0.2, 0) is 0 Å². The summed E-state index contributed by atoms with van der Waals surface area (Å²) in [5, 5.41) is 8.05. The second kappa shape index (κ2) is 6.66. The third-order valence-electron chi connectivity index (χ3n) is 0.790. The van der Waals surface area contributed by atoms with Crippen LogP contribution in [0.15, 0.2) is 0 Å². The van der Waals surface area contributed by atoms with Crippen LogP contribution in [0.4, 0.5) is 0 Å². The van der Waals surface area contributed by atoms with Crippen molar-refractivity contribution in [1.82, 2.24) is 0 Å². The molecule has 0 amide bonds. The maximum absolute atomic E-state index is 8.05. The molecule has 0 atom stereocenters. The number of rotatable bonds is 3. The van der Waals surface area contributed by atoms with E-state index >= 15 is 0 Å². The minimum absolute atomic E-state index is 1.14. The average molecular weight is 127 g/mol. The number of nitriles is 1. The van der Waals surface area contributed by atoms with Gasteiger partial charge < -0.3 is 0 Å². The molecule has 0 aromatic heterocycles. The first-order valence-electron chi connectivity index (χ1n) is 2.79. The van der Waals surface area contributed by atoms with Gasteiger partial charge in [0.25, 0.3) is 0 Å². The fraction of sp³-hybridized carbons (Fsp3) is 0.667. The van der Waals surface area contributed by atoms with E-state index in [2.05, 4.69) is 6.92 Å². The van der Waals surface area contributed by atoms with Gasteiger partial charge in [0.2, 0.25) is 0 Å². The Morgan fingerprint density at radius 1 is 1.75 bits per heavy atom. The van der Waals surface area contributed by atoms with Gasteiger partial charge in [-0.15, -0.1) is 0 Å². The van der Waals surface area contributed by atoms with Crippen LogP contribution in [0.2, 0.25) is 0 Å². The molecule has 0 aliphatic rings. The quantitative estimate of drug-likeness (QED) is 0.420. The van der Waals surface area contributed by atoms with Gasteiger partial charge in [0.05, 0.1) is 6.07 Å². The maximum atomic E-state index is 8.05. The zero-order chi connectivity index (χ0) is 6.24. The van der Waals surface area contributed by atoms with E-state index in [0.29, 0.717) is 0 Å². The Bertz CT molecular complexity index is 102. The zero-order valence-corrected chi connectivity index (χ0v) is 5.99. The van der Waals surface area contributed by atoms with E-state index in [1.807, 2.05) is 6.07 Å². The molecule has 8 heavy (non-hydrogen) atoms. The van der Waals surface area contributed by atoms with Crippen molar-refractivity contribution in [2.75, 3.05) is 6.16 Å². The topological polar surface area (TPSA) is 23.8 Å². The number of hydrogen-bond acceptors (Lipinski definition) is 1. The highest BCUT2D eigenvalue weighted by Crippen LogP contribution is 1.98. The van der Waals surface area contributed by atoms with Gasteiger partial charge in [0, 0.05) is 5.80 Å². The molecule has 0 fully saturated rings. The lowest BCUT2D eigenvalue weighted by Crippen LogP contribution is -1.69. The molecule has 0 spiro atoms. The molecule has 0 unspecified atom stereocenters. The monoisotopic (exact) mass is 127 g/mol. The molecule has 0 saturated heterocycles. The summed E-state index contributed by atoms with van der Waals surface area (Å²) in [6.45, 7) is 2.15. The Hall–Kier alpha value is -0.340. The SMILES string of the molecule is CCCCP=CC#N. The first kappa shape index (κ1) is 7.66. The lowest BCUT2D eigenvalue weighted by Gasteiger charge is -1.82. The van der Waals surface area contributed by atoms with Crippen LogP contribution in [0.25, 0.3) is 0 Å². The summed E-state index contributed by atoms with van der Waals surface area (Å²) in [6.07, 6.45) is 3.61. The van der Waals surface area contributed by atoms with Crippen molar-refractivity contribution < 1.29 is 0 Å². The summed E-state index contributed by atoms with van der Waals surface area (Å²) in [4.78, 5) is 0. The number of hydrogen-bond donors (Lipinski definition) is 0. The molecule has 1 nitrogen and oxygen atoms in total. The highest BCUT2D eigenvalue weighted by atomic mass is 31.1. The lowest BCUT2D eigenvalue weighted by atomic mass is 10.4. The molecule has 0 heterocycles. The first-order chi connectivity index (χ1) is 3.91. The molecule has 0 aromatic carbocycles. The Balaban J connectivity index is 2.94. The molecule has 0 radical (unpaired) electrons. The summed E-state index contributed by atoms with van der Waals surface area (Å²) < 4.78 is 0. The van der Waals surface area contributed by atoms with Crippen LogP contribution in [-0.4, -0.2) is 12.0 Å². The van der Waals surface area contributed by atoms with Crippen molar-refractivity contribution in [3.63, 3.8) is 0 Å². The van der Waals surface area contributed by atoms with E-state index in [9.17, 15) is 0 Å². The van der Waals surface area contributed by atoms with Gasteiger partial charge in [-0.2, -0.15) is 5.26 Å². The molecule has 0 N–H and O–H groups in total. The maximum Gasteiger partial charge on any atom is 0.0958 e. The van der Waals surface area contributed by atoms with E-state index in [-0.39, 0.29) is 0 Å². The van der Waals surface area contributed by atoms with Gasteiger partial charge in [-0.05, 0) is 12.6 Å². The van der Waals surface area contributed by atoms with E-state index in [1.54, 1.807) is 5.80 Å².